The van der Waals surface area contributed by atoms with Crippen LogP contribution in [0.15, 0.2) is 30.6 Å². The molecule has 1 aromatic heterocycles. The van der Waals surface area contributed by atoms with Crippen LogP contribution in [0.1, 0.15) is 30.0 Å². The van der Waals surface area contributed by atoms with Gasteiger partial charge >= 0.3 is 6.03 Å². The van der Waals surface area contributed by atoms with Gasteiger partial charge in [-0.1, -0.05) is 6.07 Å². The van der Waals surface area contributed by atoms with Crippen molar-refractivity contribution in [3.8, 4) is 0 Å². The minimum atomic E-state index is -0.0323. The van der Waals surface area contributed by atoms with Crippen molar-refractivity contribution in [3.05, 3.63) is 41.7 Å². The van der Waals surface area contributed by atoms with Crippen LogP contribution < -0.4 is 5.32 Å². The van der Waals surface area contributed by atoms with Gasteiger partial charge in [-0.3, -0.25) is 0 Å². The lowest BCUT2D eigenvalue weighted by Gasteiger charge is -2.31. The maximum absolute atomic E-state index is 12.3. The van der Waals surface area contributed by atoms with Crippen molar-refractivity contribution in [1.82, 2.24) is 19.9 Å². The van der Waals surface area contributed by atoms with E-state index in [4.69, 9.17) is 0 Å². The zero-order chi connectivity index (χ0) is 15.5. The summed E-state index contributed by atoms with van der Waals surface area (Å²) in [6.45, 7) is 5.56. The van der Waals surface area contributed by atoms with Gasteiger partial charge in [-0.05, 0) is 49.9 Å². The first-order valence-corrected chi connectivity index (χ1v) is 7.62. The summed E-state index contributed by atoms with van der Waals surface area (Å²) in [5, 5.41) is 11.3. The van der Waals surface area contributed by atoms with E-state index in [1.165, 1.54) is 11.1 Å². The molecule has 1 aliphatic heterocycles. The molecule has 1 N–H and O–H groups in total. The average Bonchev–Trinajstić information content (AvgIpc) is 3.05. The predicted molar refractivity (Wildman–Crippen MR) is 84.8 cm³/mol. The standard InChI is InChI=1S/C16H21N5O/c1-12-3-4-14(11-13(12)2)19-16(22)20-9-5-15(6-10-20)21-17-7-8-18-21/h3-4,7-8,11,15H,5-6,9-10H2,1-2H3,(H,19,22). The third-order valence-electron chi connectivity index (χ3n) is 4.27. The van der Waals surface area contributed by atoms with Gasteiger partial charge in [0.25, 0.3) is 0 Å². The van der Waals surface area contributed by atoms with Crippen LogP contribution in [0.4, 0.5) is 10.5 Å². The minimum absolute atomic E-state index is 0.0323. The Labute approximate surface area is 130 Å². The Balaban J connectivity index is 1.56. The number of carbonyl (C=O) groups excluding carboxylic acids is 1. The number of carbonyl (C=O) groups is 1. The van der Waals surface area contributed by atoms with Gasteiger partial charge in [-0.15, -0.1) is 0 Å². The van der Waals surface area contributed by atoms with Crippen LogP contribution in [0.3, 0.4) is 0 Å². The summed E-state index contributed by atoms with van der Waals surface area (Å²) in [7, 11) is 0. The van der Waals surface area contributed by atoms with Gasteiger partial charge in [0.15, 0.2) is 0 Å². The van der Waals surface area contributed by atoms with Crippen LogP contribution in [-0.4, -0.2) is 39.0 Å². The number of hydrogen-bond acceptors (Lipinski definition) is 3. The number of amides is 2. The molecule has 22 heavy (non-hydrogen) atoms. The van der Waals surface area contributed by atoms with Crippen LogP contribution in [0.2, 0.25) is 0 Å². The normalized spacial score (nSPS) is 15.8. The smallest absolute Gasteiger partial charge is 0.321 e. The average molecular weight is 299 g/mol. The van der Waals surface area contributed by atoms with E-state index in [-0.39, 0.29) is 6.03 Å². The molecular formula is C16H21N5O. The highest BCUT2D eigenvalue weighted by atomic mass is 16.2. The molecule has 0 spiro atoms. The molecule has 1 aromatic carbocycles. The van der Waals surface area contributed by atoms with Crippen LogP contribution in [0.5, 0.6) is 0 Å². The molecule has 1 fully saturated rings. The van der Waals surface area contributed by atoms with Gasteiger partial charge in [-0.25, -0.2) is 4.79 Å². The topological polar surface area (TPSA) is 63.1 Å². The van der Waals surface area contributed by atoms with Crippen molar-refractivity contribution in [3.63, 3.8) is 0 Å². The van der Waals surface area contributed by atoms with Crippen molar-refractivity contribution in [2.45, 2.75) is 32.7 Å². The van der Waals surface area contributed by atoms with Gasteiger partial charge in [0.1, 0.15) is 0 Å². The van der Waals surface area contributed by atoms with Crippen molar-refractivity contribution in [2.24, 2.45) is 0 Å². The van der Waals surface area contributed by atoms with E-state index in [2.05, 4.69) is 22.4 Å². The summed E-state index contributed by atoms with van der Waals surface area (Å²) in [6, 6.07) is 6.24. The maximum Gasteiger partial charge on any atom is 0.321 e. The second-order valence-electron chi connectivity index (χ2n) is 5.80. The predicted octanol–water partition coefficient (Wildman–Crippen LogP) is 2.76. The highest BCUT2D eigenvalue weighted by Crippen LogP contribution is 2.21. The second kappa shape index (κ2) is 6.17. The fraction of sp³-hybridized carbons (Fsp3) is 0.438. The van der Waals surface area contributed by atoms with Crippen molar-refractivity contribution >= 4 is 11.7 Å². The number of aromatic nitrogens is 3. The van der Waals surface area contributed by atoms with E-state index in [1.54, 1.807) is 17.2 Å². The lowest BCUT2D eigenvalue weighted by molar-refractivity contribution is 0.175. The third-order valence-corrected chi connectivity index (χ3v) is 4.27. The number of likely N-dealkylation sites (tertiary alicyclic amines) is 1. The molecule has 2 amide bonds. The Hall–Kier alpha value is -2.37. The van der Waals surface area contributed by atoms with Crippen molar-refractivity contribution in [2.75, 3.05) is 18.4 Å². The monoisotopic (exact) mass is 299 g/mol. The van der Waals surface area contributed by atoms with Gasteiger partial charge in [-0.2, -0.15) is 15.0 Å². The summed E-state index contributed by atoms with van der Waals surface area (Å²) in [4.78, 5) is 15.9. The zero-order valence-electron chi connectivity index (χ0n) is 13.0. The molecule has 1 saturated heterocycles. The van der Waals surface area contributed by atoms with Crippen LogP contribution in [-0.2, 0) is 0 Å². The van der Waals surface area contributed by atoms with Crippen LogP contribution >= 0.6 is 0 Å². The summed E-state index contributed by atoms with van der Waals surface area (Å²) < 4.78 is 0. The van der Waals surface area contributed by atoms with Gasteiger partial charge in [0.2, 0.25) is 0 Å². The first kappa shape index (κ1) is 14.6. The summed E-state index contributed by atoms with van der Waals surface area (Å²) in [5.41, 5.74) is 3.26. The summed E-state index contributed by atoms with van der Waals surface area (Å²) >= 11 is 0. The third kappa shape index (κ3) is 3.10. The molecule has 6 nitrogen and oxygen atoms in total. The Morgan fingerprint density at radius 1 is 1.14 bits per heavy atom. The summed E-state index contributed by atoms with van der Waals surface area (Å²) in [6.07, 6.45) is 5.15. The van der Waals surface area contributed by atoms with E-state index >= 15 is 0 Å². The Bertz CT molecular complexity index is 645. The molecule has 1 aliphatic rings. The maximum atomic E-state index is 12.3. The number of hydrogen-bond donors (Lipinski definition) is 1. The second-order valence-corrected chi connectivity index (χ2v) is 5.80. The summed E-state index contributed by atoms with van der Waals surface area (Å²) in [5.74, 6) is 0. The molecule has 2 heterocycles. The molecule has 0 saturated carbocycles. The van der Waals surface area contributed by atoms with Gasteiger partial charge < -0.3 is 10.2 Å². The number of aryl methyl sites for hydroxylation is 2. The van der Waals surface area contributed by atoms with E-state index in [1.807, 2.05) is 30.0 Å². The number of urea groups is 1. The lowest BCUT2D eigenvalue weighted by atomic mass is 10.1. The van der Waals surface area contributed by atoms with Gasteiger partial charge in [0, 0.05) is 18.8 Å². The van der Waals surface area contributed by atoms with E-state index in [9.17, 15) is 4.79 Å². The van der Waals surface area contributed by atoms with E-state index in [0.29, 0.717) is 6.04 Å². The number of benzene rings is 1. The largest absolute Gasteiger partial charge is 0.324 e. The Morgan fingerprint density at radius 2 is 1.82 bits per heavy atom. The SMILES string of the molecule is Cc1ccc(NC(=O)N2CCC(n3nccn3)CC2)cc1C. The fourth-order valence-corrected chi connectivity index (χ4v) is 2.74. The van der Waals surface area contributed by atoms with Crippen LogP contribution in [0, 0.1) is 13.8 Å². The Morgan fingerprint density at radius 3 is 2.45 bits per heavy atom. The fourth-order valence-electron chi connectivity index (χ4n) is 2.74. The molecule has 116 valence electrons. The number of nitrogens with one attached hydrogen (secondary N) is 1. The van der Waals surface area contributed by atoms with Crippen molar-refractivity contribution in [1.29, 1.82) is 0 Å². The quantitative estimate of drug-likeness (QED) is 0.927. The molecular weight excluding hydrogens is 278 g/mol. The van der Waals surface area contributed by atoms with Gasteiger partial charge in [0.05, 0.1) is 18.4 Å². The first-order valence-electron chi connectivity index (χ1n) is 7.62. The molecule has 0 bridgehead atoms. The molecule has 0 atom stereocenters. The van der Waals surface area contributed by atoms with E-state index in [0.717, 1.165) is 31.6 Å². The number of nitrogens with zero attached hydrogens (tertiary/aromatic N) is 4. The first-order chi connectivity index (χ1) is 10.6. The zero-order valence-corrected chi connectivity index (χ0v) is 13.0. The highest BCUT2D eigenvalue weighted by molar-refractivity contribution is 5.89. The van der Waals surface area contributed by atoms with E-state index < -0.39 is 0 Å². The highest BCUT2D eigenvalue weighted by Gasteiger charge is 2.24. The van der Waals surface area contributed by atoms with Crippen LogP contribution in [0.25, 0.3) is 0 Å². The Kier molecular flexibility index (Phi) is 4.09. The van der Waals surface area contributed by atoms with Crippen molar-refractivity contribution < 1.29 is 4.79 Å². The number of rotatable bonds is 2. The molecule has 0 aliphatic carbocycles. The lowest BCUT2D eigenvalue weighted by Crippen LogP contribution is -2.41. The molecule has 0 unspecified atom stereocenters. The number of piperidine rings is 1. The molecule has 0 radical (unpaired) electrons. The molecule has 6 heteroatoms. The minimum Gasteiger partial charge on any atom is -0.324 e. The molecule has 2 aromatic rings. The number of anilines is 1. The molecule has 3 rings (SSSR count).